The lowest BCUT2D eigenvalue weighted by atomic mass is 10.4. The molecular weight excluding hydrogens is 185 g/mol. The van der Waals surface area contributed by atoms with Crippen LogP contribution >= 0.6 is 24.8 Å². The third kappa shape index (κ3) is 3.91. The number of rotatable bonds is 1. The molecule has 0 aliphatic heterocycles. The van der Waals surface area contributed by atoms with E-state index in [1.165, 1.54) is 0 Å². The van der Waals surface area contributed by atoms with Crippen LogP contribution in [0.2, 0.25) is 0 Å². The van der Waals surface area contributed by atoms with Crippen molar-refractivity contribution in [3.05, 3.63) is 18.5 Å². The lowest BCUT2D eigenvalue weighted by Gasteiger charge is -1.97. The van der Waals surface area contributed by atoms with Gasteiger partial charge in [0.05, 0.1) is 17.6 Å². The van der Waals surface area contributed by atoms with Crippen LogP contribution in [0.5, 0.6) is 0 Å². The molecular formula is C6H11Cl2N3. The molecule has 11 heavy (non-hydrogen) atoms. The fraction of sp³-hybridized carbons (Fsp3) is 0.167. The number of aromatic nitrogens is 1. The van der Waals surface area contributed by atoms with Crippen LogP contribution in [-0.2, 0) is 0 Å². The number of nitrogens with two attached hydrogens (primary N) is 1. The van der Waals surface area contributed by atoms with Gasteiger partial charge in [-0.25, -0.2) is 0 Å². The first-order valence-corrected chi connectivity index (χ1v) is 2.71. The number of nitrogens with one attached hydrogen (secondary N) is 1. The molecule has 3 nitrogen and oxygen atoms in total. The molecule has 1 aromatic rings. The third-order valence-corrected chi connectivity index (χ3v) is 1.05. The van der Waals surface area contributed by atoms with Crippen LogP contribution in [-0.4, -0.2) is 12.0 Å². The molecule has 0 fully saturated rings. The minimum absolute atomic E-state index is 0. The van der Waals surface area contributed by atoms with E-state index in [0.29, 0.717) is 5.69 Å². The van der Waals surface area contributed by atoms with Gasteiger partial charge in [-0.1, -0.05) is 0 Å². The smallest absolute Gasteiger partial charge is 0.0544 e. The Morgan fingerprint density at radius 2 is 2.00 bits per heavy atom. The molecule has 3 N–H and O–H groups in total. The van der Waals surface area contributed by atoms with Crippen LogP contribution in [0.1, 0.15) is 0 Å². The van der Waals surface area contributed by atoms with Gasteiger partial charge in [0.1, 0.15) is 0 Å². The van der Waals surface area contributed by atoms with E-state index in [1.54, 1.807) is 12.4 Å². The minimum atomic E-state index is 0. The minimum Gasteiger partial charge on any atom is -0.397 e. The van der Waals surface area contributed by atoms with Gasteiger partial charge in [0.2, 0.25) is 0 Å². The van der Waals surface area contributed by atoms with Crippen LogP contribution in [0.15, 0.2) is 18.5 Å². The van der Waals surface area contributed by atoms with Gasteiger partial charge in [0.15, 0.2) is 0 Å². The van der Waals surface area contributed by atoms with E-state index >= 15 is 0 Å². The van der Waals surface area contributed by atoms with Crippen LogP contribution in [0.4, 0.5) is 11.4 Å². The van der Waals surface area contributed by atoms with E-state index in [9.17, 15) is 0 Å². The van der Waals surface area contributed by atoms with Gasteiger partial charge in [-0.05, 0) is 6.07 Å². The van der Waals surface area contributed by atoms with Crippen molar-refractivity contribution in [2.45, 2.75) is 0 Å². The molecule has 5 heteroatoms. The largest absolute Gasteiger partial charge is 0.397 e. The van der Waals surface area contributed by atoms with Crippen LogP contribution in [0, 0.1) is 0 Å². The first-order valence-electron chi connectivity index (χ1n) is 2.71. The van der Waals surface area contributed by atoms with Gasteiger partial charge in [0, 0.05) is 13.2 Å². The number of nitrogens with zero attached hydrogens (tertiary/aromatic N) is 1. The first kappa shape index (κ1) is 13.0. The second-order valence-corrected chi connectivity index (χ2v) is 1.76. The normalized spacial score (nSPS) is 7.36. The molecule has 0 saturated carbocycles. The summed E-state index contributed by atoms with van der Waals surface area (Å²) in [5.41, 5.74) is 7.05. The number of hydrogen-bond donors (Lipinski definition) is 2. The second kappa shape index (κ2) is 6.07. The summed E-state index contributed by atoms with van der Waals surface area (Å²) in [4.78, 5) is 3.87. The summed E-state index contributed by atoms with van der Waals surface area (Å²) in [6.07, 6.45) is 3.33. The molecule has 0 unspecified atom stereocenters. The lowest BCUT2D eigenvalue weighted by Crippen LogP contribution is -1.91. The van der Waals surface area contributed by atoms with Gasteiger partial charge in [-0.15, -0.1) is 24.8 Å². The Bertz CT molecular complexity index is 205. The molecule has 0 spiro atoms. The predicted molar refractivity (Wildman–Crippen MR) is 52.7 cm³/mol. The Morgan fingerprint density at radius 3 is 2.36 bits per heavy atom. The second-order valence-electron chi connectivity index (χ2n) is 1.76. The quantitative estimate of drug-likeness (QED) is 0.716. The zero-order valence-electron chi connectivity index (χ0n) is 6.07. The Kier molecular flexibility index (Phi) is 7.15. The summed E-state index contributed by atoms with van der Waals surface area (Å²) in [6, 6.07) is 1.83. The standard InChI is InChI=1S/C6H9N3.2ClH/c1-8-6-2-5(7)3-9-4-6;;/h2-4,8H,7H2,1H3;2*1H. The summed E-state index contributed by atoms with van der Waals surface area (Å²) in [7, 11) is 1.83. The van der Waals surface area contributed by atoms with Crippen molar-refractivity contribution < 1.29 is 0 Å². The molecule has 0 bridgehead atoms. The summed E-state index contributed by atoms with van der Waals surface area (Å²) >= 11 is 0. The molecule has 0 saturated heterocycles. The Labute approximate surface area is 78.2 Å². The van der Waals surface area contributed by atoms with E-state index in [2.05, 4.69) is 10.3 Å². The fourth-order valence-corrected chi connectivity index (χ4v) is 0.594. The summed E-state index contributed by atoms with van der Waals surface area (Å²) in [5.74, 6) is 0. The number of pyridine rings is 1. The van der Waals surface area contributed by atoms with Gasteiger partial charge >= 0.3 is 0 Å². The molecule has 1 aromatic heterocycles. The van der Waals surface area contributed by atoms with Crippen molar-refractivity contribution in [3.63, 3.8) is 0 Å². The van der Waals surface area contributed by atoms with Crippen LogP contribution in [0.3, 0.4) is 0 Å². The van der Waals surface area contributed by atoms with Gasteiger partial charge in [-0.2, -0.15) is 0 Å². The third-order valence-electron chi connectivity index (χ3n) is 1.05. The average Bonchev–Trinajstić information content (AvgIpc) is 1.88. The van der Waals surface area contributed by atoms with Crippen molar-refractivity contribution in [3.8, 4) is 0 Å². The van der Waals surface area contributed by atoms with Crippen molar-refractivity contribution in [1.29, 1.82) is 0 Å². The number of halogens is 2. The summed E-state index contributed by atoms with van der Waals surface area (Å²) < 4.78 is 0. The highest BCUT2D eigenvalue weighted by Crippen LogP contribution is 2.07. The highest BCUT2D eigenvalue weighted by Gasteiger charge is 1.86. The fourth-order valence-electron chi connectivity index (χ4n) is 0.594. The number of nitrogen functional groups attached to an aromatic ring is 1. The summed E-state index contributed by atoms with van der Waals surface area (Å²) in [5, 5.41) is 2.93. The molecule has 1 rings (SSSR count). The maximum atomic E-state index is 5.43. The highest BCUT2D eigenvalue weighted by atomic mass is 35.5. The van der Waals surface area contributed by atoms with Crippen molar-refractivity contribution in [2.75, 3.05) is 18.1 Å². The van der Waals surface area contributed by atoms with E-state index in [1.807, 2.05) is 13.1 Å². The molecule has 0 aliphatic rings. The van der Waals surface area contributed by atoms with Crippen molar-refractivity contribution in [2.24, 2.45) is 0 Å². The molecule has 1 heterocycles. The summed E-state index contributed by atoms with van der Waals surface area (Å²) in [6.45, 7) is 0. The predicted octanol–water partition coefficient (Wildman–Crippen LogP) is 1.55. The maximum Gasteiger partial charge on any atom is 0.0544 e. The Balaban J connectivity index is 0. The monoisotopic (exact) mass is 195 g/mol. The Morgan fingerprint density at radius 1 is 1.36 bits per heavy atom. The molecule has 0 amide bonds. The van der Waals surface area contributed by atoms with Crippen molar-refractivity contribution >= 4 is 36.2 Å². The number of hydrogen-bond acceptors (Lipinski definition) is 3. The zero-order valence-corrected chi connectivity index (χ0v) is 7.71. The SMILES string of the molecule is CNc1cncc(N)c1.Cl.Cl. The van der Waals surface area contributed by atoms with E-state index in [0.717, 1.165) is 5.69 Å². The molecule has 0 aliphatic carbocycles. The number of anilines is 2. The first-order chi connectivity index (χ1) is 4.33. The van der Waals surface area contributed by atoms with Gasteiger partial charge in [-0.3, -0.25) is 4.98 Å². The zero-order chi connectivity index (χ0) is 6.69. The molecule has 0 radical (unpaired) electrons. The van der Waals surface area contributed by atoms with E-state index in [4.69, 9.17) is 5.73 Å². The van der Waals surface area contributed by atoms with Gasteiger partial charge in [0.25, 0.3) is 0 Å². The van der Waals surface area contributed by atoms with Crippen LogP contribution in [0.25, 0.3) is 0 Å². The Hall–Kier alpha value is -0.670. The van der Waals surface area contributed by atoms with E-state index < -0.39 is 0 Å². The van der Waals surface area contributed by atoms with Crippen molar-refractivity contribution in [1.82, 2.24) is 4.98 Å². The van der Waals surface area contributed by atoms with Gasteiger partial charge < -0.3 is 11.1 Å². The maximum absolute atomic E-state index is 5.43. The van der Waals surface area contributed by atoms with Crippen LogP contribution < -0.4 is 11.1 Å². The molecule has 0 aromatic carbocycles. The molecule has 64 valence electrons. The molecule has 0 atom stereocenters. The lowest BCUT2D eigenvalue weighted by molar-refractivity contribution is 1.31. The topological polar surface area (TPSA) is 50.9 Å². The van der Waals surface area contributed by atoms with E-state index in [-0.39, 0.29) is 24.8 Å². The highest BCUT2D eigenvalue weighted by molar-refractivity contribution is 5.85. The average molecular weight is 196 g/mol.